The molecule has 1 saturated heterocycles. The largest absolute Gasteiger partial charge is 0.488 e. The van der Waals surface area contributed by atoms with E-state index in [0.717, 1.165) is 26.5 Å². The van der Waals surface area contributed by atoms with Gasteiger partial charge in [-0.2, -0.15) is 0 Å². The van der Waals surface area contributed by atoms with Crippen molar-refractivity contribution < 1.29 is 14.6 Å². The molecule has 0 aromatic heterocycles. The number of methoxy groups -OCH3 is 1. The number of hydrogen-bond donors (Lipinski definition) is 2. The number of aliphatic hydroxyl groups is 1. The highest BCUT2D eigenvalue weighted by molar-refractivity contribution is 5.51. The summed E-state index contributed by atoms with van der Waals surface area (Å²) in [5, 5.41) is 10.1. The van der Waals surface area contributed by atoms with Gasteiger partial charge in [-0.05, 0) is 19.4 Å². The molecule has 0 radical (unpaired) electrons. The summed E-state index contributed by atoms with van der Waals surface area (Å²) < 4.78 is 4.81. The van der Waals surface area contributed by atoms with Crippen LogP contribution in [0.25, 0.3) is 0 Å². The van der Waals surface area contributed by atoms with E-state index in [2.05, 4.69) is 5.32 Å². The summed E-state index contributed by atoms with van der Waals surface area (Å²) in [6.45, 7) is 4.97. The lowest BCUT2D eigenvalue weighted by Gasteiger charge is -2.08. The molecule has 4 heteroatoms. The Bertz CT molecular complexity index is 159. The van der Waals surface area contributed by atoms with Crippen molar-refractivity contribution in [1.29, 1.82) is 0 Å². The molecule has 1 aliphatic rings. The van der Waals surface area contributed by atoms with E-state index in [1.807, 2.05) is 13.8 Å². The number of ether oxygens (including phenoxy) is 1. The van der Waals surface area contributed by atoms with Gasteiger partial charge in [0.2, 0.25) is 0 Å². The first-order valence-electron chi connectivity index (χ1n) is 4.85. The second kappa shape index (κ2) is 12.2. The Labute approximate surface area is 86.0 Å². The van der Waals surface area contributed by atoms with Crippen molar-refractivity contribution in [3.05, 3.63) is 5.76 Å². The molecule has 0 aliphatic carbocycles. The lowest BCUT2D eigenvalue weighted by molar-refractivity contribution is 0.261. The molecule has 1 rings (SSSR count). The fourth-order valence-electron chi connectivity index (χ4n) is 1.16. The molecule has 0 aromatic rings. The first-order valence-corrected chi connectivity index (χ1v) is 4.85. The highest BCUT2D eigenvalue weighted by atomic mass is 16.5. The maximum atomic E-state index is 10.2. The number of nitrogens with one attached hydrogen (secondary N) is 1. The summed E-state index contributed by atoms with van der Waals surface area (Å²) in [4.78, 5) is 10.2. The van der Waals surface area contributed by atoms with Crippen LogP contribution in [0.4, 0.5) is 0 Å². The Morgan fingerprint density at radius 1 is 1.50 bits per heavy atom. The van der Waals surface area contributed by atoms with Crippen molar-refractivity contribution in [3.63, 3.8) is 0 Å². The van der Waals surface area contributed by atoms with Crippen LogP contribution in [0.15, 0.2) is 5.76 Å². The smallest absolute Gasteiger partial charge is 0.196 e. The number of hydrogen-bond acceptors (Lipinski definition) is 4. The Morgan fingerprint density at radius 3 is 2.36 bits per heavy atom. The summed E-state index contributed by atoms with van der Waals surface area (Å²) in [6.07, 6.45) is 2.09. The molecule has 4 nitrogen and oxygen atoms in total. The molecule has 1 fully saturated rings. The van der Waals surface area contributed by atoms with Gasteiger partial charge in [0.15, 0.2) is 11.7 Å². The van der Waals surface area contributed by atoms with E-state index >= 15 is 0 Å². The number of aliphatic hydroxyl groups excluding tert-OH is 1. The van der Waals surface area contributed by atoms with Crippen LogP contribution in [0.2, 0.25) is 0 Å². The average Bonchev–Trinajstić information content (AvgIpc) is 2.79. The monoisotopic (exact) mass is 203 g/mol. The van der Waals surface area contributed by atoms with Gasteiger partial charge in [0.25, 0.3) is 0 Å². The first kappa shape index (κ1) is 15.6. The Hall–Kier alpha value is -0.830. The number of rotatable bonds is 2. The maximum Gasteiger partial charge on any atom is 0.196 e. The van der Waals surface area contributed by atoms with Gasteiger partial charge in [-0.15, -0.1) is 0 Å². The summed E-state index contributed by atoms with van der Waals surface area (Å²) in [5.74, 6) is 2.18. The van der Waals surface area contributed by atoms with Crippen LogP contribution in [0.5, 0.6) is 0 Å². The molecule has 0 spiro atoms. The Morgan fingerprint density at radius 2 is 2.07 bits per heavy atom. The minimum absolute atomic E-state index is 0.113. The van der Waals surface area contributed by atoms with E-state index in [4.69, 9.17) is 9.84 Å². The fraction of sp³-hybridized carbons (Fsp3) is 0.800. The molecular formula is C10H21NO3. The molecule has 1 atom stereocenters. The topological polar surface area (TPSA) is 58.6 Å². The van der Waals surface area contributed by atoms with E-state index < -0.39 is 0 Å². The standard InChI is InChI=1S/C7H11NO2.C2H6.CH4O/c1-10-7(5-9)6-3-2-4-8-6;2*1-2/h6,8H,2-4H2,1H3;1-2H3;2H,1H3. The predicted octanol–water partition coefficient (Wildman–Crippen LogP) is 0.735. The molecule has 1 unspecified atom stereocenters. The van der Waals surface area contributed by atoms with Crippen molar-refractivity contribution in [2.75, 3.05) is 20.8 Å². The lowest BCUT2D eigenvalue weighted by atomic mass is 10.2. The van der Waals surface area contributed by atoms with Gasteiger partial charge in [-0.1, -0.05) is 13.8 Å². The molecule has 0 aromatic carbocycles. The van der Waals surface area contributed by atoms with Gasteiger partial charge >= 0.3 is 0 Å². The van der Waals surface area contributed by atoms with E-state index in [9.17, 15) is 4.79 Å². The van der Waals surface area contributed by atoms with Crippen LogP contribution in [0.1, 0.15) is 26.7 Å². The predicted molar refractivity (Wildman–Crippen MR) is 56.7 cm³/mol. The third-order valence-corrected chi connectivity index (χ3v) is 1.70. The maximum absolute atomic E-state index is 10.2. The van der Waals surface area contributed by atoms with E-state index in [-0.39, 0.29) is 6.04 Å². The van der Waals surface area contributed by atoms with Crippen molar-refractivity contribution in [2.24, 2.45) is 0 Å². The molecule has 1 heterocycles. The minimum Gasteiger partial charge on any atom is -0.488 e. The van der Waals surface area contributed by atoms with E-state index in [1.54, 1.807) is 5.94 Å². The van der Waals surface area contributed by atoms with Crippen molar-refractivity contribution in [3.8, 4) is 0 Å². The van der Waals surface area contributed by atoms with Gasteiger partial charge in [-0.25, -0.2) is 4.79 Å². The van der Waals surface area contributed by atoms with Gasteiger partial charge in [-0.3, -0.25) is 0 Å². The highest BCUT2D eigenvalue weighted by Gasteiger charge is 2.19. The normalized spacial score (nSPS) is 17.9. The van der Waals surface area contributed by atoms with Crippen LogP contribution < -0.4 is 5.32 Å². The second-order valence-electron chi connectivity index (χ2n) is 2.32. The Kier molecular flexibility index (Phi) is 13.6. The van der Waals surface area contributed by atoms with Crippen LogP contribution >= 0.6 is 0 Å². The molecule has 0 bridgehead atoms. The van der Waals surface area contributed by atoms with Crippen molar-refractivity contribution in [2.45, 2.75) is 32.7 Å². The van der Waals surface area contributed by atoms with E-state index in [1.165, 1.54) is 7.11 Å². The molecule has 0 amide bonds. The minimum atomic E-state index is 0.113. The highest BCUT2D eigenvalue weighted by Crippen LogP contribution is 2.11. The molecular weight excluding hydrogens is 182 g/mol. The molecule has 14 heavy (non-hydrogen) atoms. The SMILES string of the molecule is CC.CO.COC(=C=O)C1CCCN1. The average molecular weight is 203 g/mol. The van der Waals surface area contributed by atoms with Gasteiger partial charge < -0.3 is 15.2 Å². The zero-order valence-electron chi connectivity index (χ0n) is 9.46. The fourth-order valence-corrected chi connectivity index (χ4v) is 1.16. The quantitative estimate of drug-likeness (QED) is 0.513. The van der Waals surface area contributed by atoms with Crippen molar-refractivity contribution in [1.82, 2.24) is 5.32 Å². The van der Waals surface area contributed by atoms with E-state index in [0.29, 0.717) is 5.76 Å². The lowest BCUT2D eigenvalue weighted by Crippen LogP contribution is -2.24. The van der Waals surface area contributed by atoms with Gasteiger partial charge in [0, 0.05) is 7.11 Å². The zero-order valence-corrected chi connectivity index (χ0v) is 9.46. The Balaban J connectivity index is 0. The molecule has 84 valence electrons. The molecule has 2 N–H and O–H groups in total. The van der Waals surface area contributed by atoms with Gasteiger partial charge in [0.1, 0.15) is 0 Å². The first-order chi connectivity index (χ1) is 6.88. The third kappa shape index (κ3) is 5.75. The second-order valence-corrected chi connectivity index (χ2v) is 2.32. The van der Waals surface area contributed by atoms with Gasteiger partial charge in [0.05, 0.1) is 13.2 Å². The van der Waals surface area contributed by atoms with Crippen LogP contribution in [-0.4, -0.2) is 37.9 Å². The summed E-state index contributed by atoms with van der Waals surface area (Å²) in [6, 6.07) is 0.113. The van der Waals surface area contributed by atoms with Crippen LogP contribution in [0.3, 0.4) is 0 Å². The summed E-state index contributed by atoms with van der Waals surface area (Å²) in [7, 11) is 2.50. The summed E-state index contributed by atoms with van der Waals surface area (Å²) >= 11 is 0. The molecule has 0 saturated carbocycles. The van der Waals surface area contributed by atoms with Crippen molar-refractivity contribution >= 4 is 5.94 Å². The third-order valence-electron chi connectivity index (χ3n) is 1.70. The van der Waals surface area contributed by atoms with Crippen LogP contribution in [0, 0.1) is 0 Å². The number of carbonyl (C=O) groups excluding carboxylic acids is 1. The molecule has 1 aliphatic heterocycles. The summed E-state index contributed by atoms with van der Waals surface area (Å²) in [5.41, 5.74) is 0. The zero-order chi connectivity index (χ0) is 11.4. The van der Waals surface area contributed by atoms with Crippen LogP contribution in [-0.2, 0) is 9.53 Å².